The van der Waals surface area contributed by atoms with Crippen molar-refractivity contribution in [1.29, 1.82) is 0 Å². The summed E-state index contributed by atoms with van der Waals surface area (Å²) in [6, 6.07) is 9.10. The van der Waals surface area contributed by atoms with Crippen LogP contribution in [0, 0.1) is 0 Å². The van der Waals surface area contributed by atoms with Gasteiger partial charge in [-0.3, -0.25) is 0 Å². The first kappa shape index (κ1) is 8.59. The smallest absolute Gasteiger partial charge is 0.0846 e. The predicted octanol–water partition coefficient (Wildman–Crippen LogP) is 2.03. The number of hydrogen-bond donors (Lipinski definition) is 1. The van der Waals surface area contributed by atoms with Crippen LogP contribution < -0.4 is 0 Å². The molecule has 1 N–H and O–H groups in total. The van der Waals surface area contributed by atoms with Crippen LogP contribution in [0.3, 0.4) is 0 Å². The zero-order valence-electron chi connectivity index (χ0n) is 6.46. The topological polar surface area (TPSA) is 69.0 Å². The summed E-state index contributed by atoms with van der Waals surface area (Å²) >= 11 is 0. The largest absolute Gasteiger partial charge is 0.388 e. The van der Waals surface area contributed by atoms with Gasteiger partial charge in [0.2, 0.25) is 0 Å². The molecule has 0 aliphatic heterocycles. The Hall–Kier alpha value is -1.51. The number of azide groups is 1. The van der Waals surface area contributed by atoms with Gasteiger partial charge in [-0.15, -0.1) is 0 Å². The van der Waals surface area contributed by atoms with E-state index in [2.05, 4.69) is 10.0 Å². The van der Waals surface area contributed by atoms with Crippen LogP contribution in [-0.4, -0.2) is 11.7 Å². The van der Waals surface area contributed by atoms with Gasteiger partial charge in [0, 0.05) is 4.91 Å². The highest BCUT2D eigenvalue weighted by atomic mass is 16.3. The summed E-state index contributed by atoms with van der Waals surface area (Å²) in [6.07, 6.45) is -0.693. The summed E-state index contributed by atoms with van der Waals surface area (Å²) in [5.74, 6) is 0. The fourth-order valence-corrected chi connectivity index (χ4v) is 0.894. The van der Waals surface area contributed by atoms with Gasteiger partial charge in [0.15, 0.2) is 0 Å². The van der Waals surface area contributed by atoms with Gasteiger partial charge in [-0.1, -0.05) is 35.4 Å². The van der Waals surface area contributed by atoms with Gasteiger partial charge in [0.05, 0.1) is 12.6 Å². The third kappa shape index (κ3) is 2.27. The zero-order valence-corrected chi connectivity index (χ0v) is 6.46. The minimum Gasteiger partial charge on any atom is -0.388 e. The fourth-order valence-electron chi connectivity index (χ4n) is 0.894. The molecule has 0 aliphatic carbocycles. The Morgan fingerprint density at radius 2 is 2.08 bits per heavy atom. The SMILES string of the molecule is [N-]=[N+]=NC[C@@H](O)c1ccccc1. The molecule has 0 saturated carbocycles. The third-order valence-corrected chi connectivity index (χ3v) is 1.50. The lowest BCUT2D eigenvalue weighted by Gasteiger charge is -2.05. The molecule has 0 spiro atoms. The maximum absolute atomic E-state index is 9.39. The van der Waals surface area contributed by atoms with E-state index in [1.54, 1.807) is 12.1 Å². The Morgan fingerprint density at radius 3 is 2.67 bits per heavy atom. The van der Waals surface area contributed by atoms with Crippen molar-refractivity contribution in [3.63, 3.8) is 0 Å². The number of benzene rings is 1. The van der Waals surface area contributed by atoms with Crippen molar-refractivity contribution in [2.75, 3.05) is 6.54 Å². The van der Waals surface area contributed by atoms with Crippen molar-refractivity contribution in [2.45, 2.75) is 6.10 Å². The summed E-state index contributed by atoms with van der Waals surface area (Å²) in [5.41, 5.74) is 8.78. The summed E-state index contributed by atoms with van der Waals surface area (Å²) in [6.45, 7) is 0.0838. The maximum Gasteiger partial charge on any atom is 0.0846 e. The normalized spacial score (nSPS) is 11.8. The van der Waals surface area contributed by atoms with E-state index >= 15 is 0 Å². The highest BCUT2D eigenvalue weighted by Crippen LogP contribution is 2.11. The van der Waals surface area contributed by atoms with Crippen LogP contribution in [0.5, 0.6) is 0 Å². The van der Waals surface area contributed by atoms with Crippen LogP contribution in [0.1, 0.15) is 11.7 Å². The number of hydrogen-bond acceptors (Lipinski definition) is 2. The number of aliphatic hydroxyl groups excluding tert-OH is 1. The molecule has 0 amide bonds. The van der Waals surface area contributed by atoms with Crippen molar-refractivity contribution in [2.24, 2.45) is 5.11 Å². The Labute approximate surface area is 70.1 Å². The highest BCUT2D eigenvalue weighted by molar-refractivity contribution is 5.17. The molecule has 12 heavy (non-hydrogen) atoms. The minimum atomic E-state index is -0.693. The first-order valence-corrected chi connectivity index (χ1v) is 3.58. The first-order valence-electron chi connectivity index (χ1n) is 3.58. The minimum absolute atomic E-state index is 0.0838. The summed E-state index contributed by atoms with van der Waals surface area (Å²) in [7, 11) is 0. The van der Waals surface area contributed by atoms with Crippen molar-refractivity contribution in [3.05, 3.63) is 46.3 Å². The van der Waals surface area contributed by atoms with Gasteiger partial charge in [0.1, 0.15) is 0 Å². The second-order valence-corrected chi connectivity index (χ2v) is 2.34. The van der Waals surface area contributed by atoms with Gasteiger partial charge in [0.25, 0.3) is 0 Å². The van der Waals surface area contributed by atoms with Gasteiger partial charge in [-0.25, -0.2) is 0 Å². The van der Waals surface area contributed by atoms with Crippen molar-refractivity contribution in [1.82, 2.24) is 0 Å². The highest BCUT2D eigenvalue weighted by Gasteiger charge is 2.03. The van der Waals surface area contributed by atoms with E-state index in [1.165, 1.54) is 0 Å². The summed E-state index contributed by atoms with van der Waals surface area (Å²) < 4.78 is 0. The van der Waals surface area contributed by atoms with Gasteiger partial charge < -0.3 is 5.11 Å². The lowest BCUT2D eigenvalue weighted by Crippen LogP contribution is -1.99. The number of nitrogens with zero attached hydrogens (tertiary/aromatic N) is 3. The molecule has 1 atom stereocenters. The predicted molar refractivity (Wildman–Crippen MR) is 45.4 cm³/mol. The van der Waals surface area contributed by atoms with Crippen LogP contribution in [0.2, 0.25) is 0 Å². The van der Waals surface area contributed by atoms with Crippen molar-refractivity contribution >= 4 is 0 Å². The van der Waals surface area contributed by atoms with Gasteiger partial charge in [-0.05, 0) is 11.1 Å². The molecule has 0 saturated heterocycles. The number of aliphatic hydroxyl groups is 1. The van der Waals surface area contributed by atoms with Crippen LogP contribution in [0.25, 0.3) is 10.4 Å². The molecular formula is C8H9N3O. The molecule has 0 radical (unpaired) electrons. The molecule has 1 rings (SSSR count). The maximum atomic E-state index is 9.39. The second kappa shape index (κ2) is 4.38. The Balaban J connectivity index is 2.65. The molecule has 0 bridgehead atoms. The van der Waals surface area contributed by atoms with Gasteiger partial charge in [-0.2, -0.15) is 0 Å². The monoisotopic (exact) mass is 163 g/mol. The Morgan fingerprint density at radius 1 is 1.42 bits per heavy atom. The third-order valence-electron chi connectivity index (χ3n) is 1.50. The molecule has 4 nitrogen and oxygen atoms in total. The second-order valence-electron chi connectivity index (χ2n) is 2.34. The molecule has 0 aliphatic rings. The molecule has 4 heteroatoms. The van der Waals surface area contributed by atoms with E-state index < -0.39 is 6.10 Å². The standard InChI is InChI=1S/C8H9N3O/c9-11-10-6-8(12)7-4-2-1-3-5-7/h1-5,8,12H,6H2/t8-/m1/s1. The van der Waals surface area contributed by atoms with E-state index in [1.807, 2.05) is 18.2 Å². The molecule has 0 fully saturated rings. The Kier molecular flexibility index (Phi) is 3.14. The fraction of sp³-hybridized carbons (Fsp3) is 0.250. The molecular weight excluding hydrogens is 154 g/mol. The number of rotatable bonds is 3. The van der Waals surface area contributed by atoms with Crippen LogP contribution in [-0.2, 0) is 0 Å². The quantitative estimate of drug-likeness (QED) is 0.413. The van der Waals surface area contributed by atoms with E-state index in [-0.39, 0.29) is 6.54 Å². The van der Waals surface area contributed by atoms with E-state index in [4.69, 9.17) is 5.53 Å². The lowest BCUT2D eigenvalue weighted by molar-refractivity contribution is 0.187. The van der Waals surface area contributed by atoms with E-state index in [0.717, 1.165) is 5.56 Å². The van der Waals surface area contributed by atoms with Gasteiger partial charge >= 0.3 is 0 Å². The lowest BCUT2D eigenvalue weighted by atomic mass is 10.1. The molecule has 0 heterocycles. The molecule has 1 aromatic carbocycles. The summed E-state index contributed by atoms with van der Waals surface area (Å²) in [4.78, 5) is 2.57. The molecule has 62 valence electrons. The van der Waals surface area contributed by atoms with E-state index in [9.17, 15) is 5.11 Å². The average molecular weight is 163 g/mol. The molecule has 1 aromatic rings. The summed E-state index contributed by atoms with van der Waals surface area (Å²) in [5, 5.41) is 12.7. The van der Waals surface area contributed by atoms with Crippen LogP contribution in [0.15, 0.2) is 35.4 Å². The van der Waals surface area contributed by atoms with E-state index in [0.29, 0.717) is 0 Å². The average Bonchev–Trinajstić information content (AvgIpc) is 2.15. The molecule has 0 aromatic heterocycles. The Bertz CT molecular complexity index is 280. The van der Waals surface area contributed by atoms with Crippen molar-refractivity contribution < 1.29 is 5.11 Å². The first-order chi connectivity index (χ1) is 5.84. The van der Waals surface area contributed by atoms with Crippen molar-refractivity contribution in [3.8, 4) is 0 Å². The van der Waals surface area contributed by atoms with Crippen LogP contribution >= 0.6 is 0 Å². The van der Waals surface area contributed by atoms with Crippen LogP contribution in [0.4, 0.5) is 0 Å². The molecule has 0 unspecified atom stereocenters. The zero-order chi connectivity index (χ0) is 8.81.